The molecular formula is C9H18N2O2. The van der Waals surface area contributed by atoms with Crippen molar-refractivity contribution in [3.63, 3.8) is 0 Å². The van der Waals surface area contributed by atoms with Crippen LogP contribution in [0, 0.1) is 0 Å². The molecule has 0 fully saturated rings. The van der Waals surface area contributed by atoms with Gasteiger partial charge in [-0.3, -0.25) is 0 Å². The fourth-order valence-electron chi connectivity index (χ4n) is 0.848. The van der Waals surface area contributed by atoms with Gasteiger partial charge in [-0.1, -0.05) is 6.08 Å². The number of carbonyl (C=O) groups is 1. The average molecular weight is 186 g/mol. The van der Waals surface area contributed by atoms with Crippen LogP contribution in [0.4, 0.5) is 0 Å². The van der Waals surface area contributed by atoms with Gasteiger partial charge in [0.05, 0.1) is 0 Å². The van der Waals surface area contributed by atoms with E-state index in [0.29, 0.717) is 6.42 Å². The molecule has 4 nitrogen and oxygen atoms in total. The van der Waals surface area contributed by atoms with Crippen molar-refractivity contribution in [3.8, 4) is 0 Å². The van der Waals surface area contributed by atoms with Crippen LogP contribution in [0.3, 0.4) is 0 Å². The first-order valence-corrected chi connectivity index (χ1v) is 4.33. The van der Waals surface area contributed by atoms with Crippen LogP contribution in [0.1, 0.15) is 19.3 Å². The van der Waals surface area contributed by atoms with Crippen molar-refractivity contribution in [2.24, 2.45) is 5.73 Å². The highest BCUT2D eigenvalue weighted by atomic mass is 16.7. The molecule has 0 aromatic heterocycles. The summed E-state index contributed by atoms with van der Waals surface area (Å²) in [7, 11) is 3.29. The normalized spacial score (nSPS) is 12.6. The molecule has 0 radical (unpaired) electrons. The standard InChI is InChI=1S/C9H18N2O2/c1-4-5-6-7-8(10)9(12)13-11(2)3/h4,8H,1,5-7,10H2,2-3H3. The zero-order valence-electron chi connectivity index (χ0n) is 8.32. The van der Waals surface area contributed by atoms with Crippen molar-refractivity contribution >= 4 is 5.97 Å². The van der Waals surface area contributed by atoms with E-state index in [2.05, 4.69) is 6.58 Å². The van der Waals surface area contributed by atoms with E-state index in [0.717, 1.165) is 12.8 Å². The van der Waals surface area contributed by atoms with Gasteiger partial charge in [0.15, 0.2) is 0 Å². The Balaban J connectivity index is 3.62. The van der Waals surface area contributed by atoms with Gasteiger partial charge in [0.1, 0.15) is 6.04 Å². The lowest BCUT2D eigenvalue weighted by Gasteiger charge is -2.14. The first-order chi connectivity index (χ1) is 6.07. The zero-order valence-corrected chi connectivity index (χ0v) is 8.32. The van der Waals surface area contributed by atoms with E-state index >= 15 is 0 Å². The third-order valence-corrected chi connectivity index (χ3v) is 1.50. The van der Waals surface area contributed by atoms with Crippen LogP contribution < -0.4 is 5.73 Å². The molecular weight excluding hydrogens is 168 g/mol. The summed E-state index contributed by atoms with van der Waals surface area (Å²) in [5, 5.41) is 1.34. The largest absolute Gasteiger partial charge is 0.367 e. The van der Waals surface area contributed by atoms with E-state index in [1.807, 2.05) is 6.08 Å². The highest BCUT2D eigenvalue weighted by Gasteiger charge is 2.15. The van der Waals surface area contributed by atoms with E-state index in [4.69, 9.17) is 10.6 Å². The monoisotopic (exact) mass is 186 g/mol. The predicted octanol–water partition coefficient (Wildman–Crippen LogP) is 0.690. The van der Waals surface area contributed by atoms with Gasteiger partial charge in [-0.15, -0.1) is 11.6 Å². The third-order valence-electron chi connectivity index (χ3n) is 1.50. The summed E-state index contributed by atoms with van der Waals surface area (Å²) >= 11 is 0. The quantitative estimate of drug-likeness (QED) is 0.377. The minimum absolute atomic E-state index is 0.380. The number of hydrogen-bond donors (Lipinski definition) is 1. The van der Waals surface area contributed by atoms with Gasteiger partial charge in [0, 0.05) is 14.1 Å². The molecule has 0 rings (SSSR count). The smallest absolute Gasteiger partial charge is 0.341 e. The summed E-state index contributed by atoms with van der Waals surface area (Å²) in [5.41, 5.74) is 5.57. The van der Waals surface area contributed by atoms with E-state index in [1.165, 1.54) is 5.06 Å². The average Bonchev–Trinajstić information content (AvgIpc) is 2.03. The Kier molecular flexibility index (Phi) is 6.18. The highest BCUT2D eigenvalue weighted by molar-refractivity contribution is 5.75. The lowest BCUT2D eigenvalue weighted by molar-refractivity contribution is -0.180. The summed E-state index contributed by atoms with van der Waals surface area (Å²) in [6.45, 7) is 3.59. The number of nitrogens with two attached hydrogens (primary N) is 1. The van der Waals surface area contributed by atoms with Crippen molar-refractivity contribution in [2.45, 2.75) is 25.3 Å². The lowest BCUT2D eigenvalue weighted by atomic mass is 10.1. The maximum absolute atomic E-state index is 11.1. The van der Waals surface area contributed by atoms with E-state index < -0.39 is 6.04 Å². The van der Waals surface area contributed by atoms with Crippen LogP contribution in [0.15, 0.2) is 12.7 Å². The molecule has 4 heteroatoms. The number of hydrogen-bond acceptors (Lipinski definition) is 4. The van der Waals surface area contributed by atoms with Crippen molar-refractivity contribution in [1.29, 1.82) is 0 Å². The second-order valence-electron chi connectivity index (χ2n) is 3.05. The van der Waals surface area contributed by atoms with E-state index in [-0.39, 0.29) is 5.97 Å². The van der Waals surface area contributed by atoms with Crippen molar-refractivity contribution < 1.29 is 9.63 Å². The molecule has 0 aliphatic heterocycles. The lowest BCUT2D eigenvalue weighted by Crippen LogP contribution is -2.35. The van der Waals surface area contributed by atoms with Crippen molar-refractivity contribution in [1.82, 2.24) is 5.06 Å². The molecule has 0 aromatic carbocycles. The minimum atomic E-state index is -0.526. The Morgan fingerprint density at radius 1 is 1.69 bits per heavy atom. The molecule has 0 aliphatic rings. The van der Waals surface area contributed by atoms with Crippen LogP contribution in [-0.2, 0) is 9.63 Å². The Morgan fingerprint density at radius 3 is 2.77 bits per heavy atom. The molecule has 0 spiro atoms. The molecule has 0 saturated carbocycles. The van der Waals surface area contributed by atoms with Crippen LogP contribution >= 0.6 is 0 Å². The first-order valence-electron chi connectivity index (χ1n) is 4.33. The van der Waals surface area contributed by atoms with Crippen molar-refractivity contribution in [2.75, 3.05) is 14.1 Å². The Labute approximate surface area is 79.3 Å². The van der Waals surface area contributed by atoms with E-state index in [9.17, 15) is 4.79 Å². The van der Waals surface area contributed by atoms with Gasteiger partial charge in [-0.25, -0.2) is 4.79 Å². The summed E-state index contributed by atoms with van der Waals surface area (Å²) in [5.74, 6) is -0.380. The molecule has 1 unspecified atom stereocenters. The second-order valence-corrected chi connectivity index (χ2v) is 3.05. The molecule has 0 saturated heterocycles. The molecule has 13 heavy (non-hydrogen) atoms. The molecule has 0 aromatic rings. The summed E-state index contributed by atoms with van der Waals surface area (Å²) < 4.78 is 0. The van der Waals surface area contributed by atoms with Gasteiger partial charge < -0.3 is 10.6 Å². The number of nitrogens with zero attached hydrogens (tertiary/aromatic N) is 1. The Hall–Kier alpha value is -0.870. The molecule has 0 amide bonds. The van der Waals surface area contributed by atoms with E-state index in [1.54, 1.807) is 14.1 Å². The maximum atomic E-state index is 11.1. The van der Waals surface area contributed by atoms with Crippen molar-refractivity contribution in [3.05, 3.63) is 12.7 Å². The first kappa shape index (κ1) is 12.1. The van der Waals surface area contributed by atoms with Crippen LogP contribution in [-0.4, -0.2) is 31.2 Å². The zero-order chi connectivity index (χ0) is 10.3. The number of allylic oxidation sites excluding steroid dienone is 1. The van der Waals surface area contributed by atoms with Crippen LogP contribution in [0.25, 0.3) is 0 Å². The number of hydroxylamine groups is 2. The molecule has 2 N–H and O–H groups in total. The van der Waals surface area contributed by atoms with Gasteiger partial charge in [0.25, 0.3) is 0 Å². The summed E-state index contributed by atoms with van der Waals surface area (Å²) in [4.78, 5) is 15.9. The third kappa shape index (κ3) is 6.31. The Morgan fingerprint density at radius 2 is 2.31 bits per heavy atom. The summed E-state index contributed by atoms with van der Waals surface area (Å²) in [6, 6.07) is -0.526. The van der Waals surface area contributed by atoms with Crippen LogP contribution in [0.2, 0.25) is 0 Å². The fourth-order valence-corrected chi connectivity index (χ4v) is 0.848. The molecule has 0 heterocycles. The molecule has 76 valence electrons. The van der Waals surface area contributed by atoms with Gasteiger partial charge in [-0.2, -0.15) is 0 Å². The second kappa shape index (κ2) is 6.62. The molecule has 1 atom stereocenters. The maximum Gasteiger partial charge on any atom is 0.341 e. The number of rotatable bonds is 6. The van der Waals surface area contributed by atoms with Gasteiger partial charge in [0.2, 0.25) is 0 Å². The van der Waals surface area contributed by atoms with Gasteiger partial charge in [-0.05, 0) is 19.3 Å². The number of unbranched alkanes of at least 4 members (excludes halogenated alkanes) is 1. The Bertz CT molecular complexity index is 169. The SMILES string of the molecule is C=CCCCC(N)C(=O)ON(C)C. The van der Waals surface area contributed by atoms with Gasteiger partial charge >= 0.3 is 5.97 Å². The predicted molar refractivity (Wildman–Crippen MR) is 51.8 cm³/mol. The minimum Gasteiger partial charge on any atom is -0.367 e. The molecule has 0 aliphatic carbocycles. The number of carbonyl (C=O) groups excluding carboxylic acids is 1. The molecule has 0 bridgehead atoms. The summed E-state index contributed by atoms with van der Waals surface area (Å²) in [6.07, 6.45) is 4.19. The topological polar surface area (TPSA) is 55.6 Å². The fraction of sp³-hybridized carbons (Fsp3) is 0.667. The highest BCUT2D eigenvalue weighted by Crippen LogP contribution is 2.01. The van der Waals surface area contributed by atoms with Crippen LogP contribution in [0.5, 0.6) is 0 Å².